The van der Waals surface area contributed by atoms with Crippen LogP contribution in [0.25, 0.3) is 0 Å². The predicted molar refractivity (Wildman–Crippen MR) is 59.1 cm³/mol. The number of hydrogen-bond acceptors (Lipinski definition) is 5. The smallest absolute Gasteiger partial charge is 0.306 e. The molecular weight excluding hydrogens is 222 g/mol. The van der Waals surface area contributed by atoms with Crippen molar-refractivity contribution in [3.05, 3.63) is 12.2 Å². The number of hydrogen-bond donors (Lipinski definition) is 2. The van der Waals surface area contributed by atoms with Crippen molar-refractivity contribution in [3.63, 3.8) is 0 Å². The lowest BCUT2D eigenvalue weighted by atomic mass is 9.79. The van der Waals surface area contributed by atoms with E-state index in [1.807, 2.05) is 0 Å². The first-order valence-corrected chi connectivity index (χ1v) is 5.96. The molecule has 2 atom stereocenters. The molecule has 17 heavy (non-hydrogen) atoms. The van der Waals surface area contributed by atoms with Crippen molar-refractivity contribution < 1.29 is 14.4 Å². The summed E-state index contributed by atoms with van der Waals surface area (Å²) in [6.45, 7) is 1.23. The summed E-state index contributed by atoms with van der Waals surface area (Å²) in [7, 11) is 0. The molecule has 0 radical (unpaired) electrons. The molecule has 0 spiro atoms. The number of aliphatic carboxylic acids is 1. The predicted octanol–water partition coefficient (Wildman–Crippen LogP) is 1.05. The van der Waals surface area contributed by atoms with E-state index in [2.05, 4.69) is 20.0 Å². The fraction of sp³-hybridized carbons (Fsp3) is 0.727. The molecule has 2 N–H and O–H groups in total. The van der Waals surface area contributed by atoms with Crippen LogP contribution in [0, 0.1) is 11.8 Å². The second-order valence-corrected chi connectivity index (χ2v) is 4.47. The van der Waals surface area contributed by atoms with Gasteiger partial charge in [0, 0.05) is 0 Å². The van der Waals surface area contributed by atoms with Crippen molar-refractivity contribution in [2.24, 2.45) is 11.8 Å². The molecule has 1 fully saturated rings. The van der Waals surface area contributed by atoms with E-state index in [1.54, 1.807) is 0 Å². The molecule has 1 aromatic rings. The van der Waals surface area contributed by atoms with Crippen LogP contribution in [0.15, 0.2) is 10.9 Å². The fourth-order valence-corrected chi connectivity index (χ4v) is 2.42. The van der Waals surface area contributed by atoms with E-state index in [0.29, 0.717) is 18.9 Å². The highest BCUT2D eigenvalue weighted by Gasteiger charge is 2.30. The van der Waals surface area contributed by atoms with Gasteiger partial charge in [0.05, 0.1) is 12.5 Å². The van der Waals surface area contributed by atoms with E-state index in [9.17, 15) is 4.79 Å². The van der Waals surface area contributed by atoms with Crippen LogP contribution >= 0.6 is 0 Å². The Morgan fingerprint density at radius 2 is 2.35 bits per heavy atom. The average Bonchev–Trinajstić information content (AvgIpc) is 2.82. The quantitative estimate of drug-likeness (QED) is 0.798. The van der Waals surface area contributed by atoms with Crippen LogP contribution in [0.5, 0.6) is 0 Å². The van der Waals surface area contributed by atoms with Gasteiger partial charge in [-0.3, -0.25) is 4.79 Å². The van der Waals surface area contributed by atoms with Crippen molar-refractivity contribution in [3.8, 4) is 0 Å². The van der Waals surface area contributed by atoms with Gasteiger partial charge >= 0.3 is 5.97 Å². The molecule has 0 amide bonds. The largest absolute Gasteiger partial charge is 0.481 e. The Labute approximate surface area is 99.4 Å². The summed E-state index contributed by atoms with van der Waals surface area (Å²) in [5.74, 6) is -0.0570. The van der Waals surface area contributed by atoms with E-state index < -0.39 is 5.97 Å². The van der Waals surface area contributed by atoms with Crippen LogP contribution in [-0.4, -0.2) is 27.8 Å². The van der Waals surface area contributed by atoms with Gasteiger partial charge in [-0.2, -0.15) is 4.98 Å². The first-order valence-electron chi connectivity index (χ1n) is 5.96. The van der Waals surface area contributed by atoms with Gasteiger partial charge < -0.3 is 14.9 Å². The second kappa shape index (κ2) is 5.77. The Morgan fingerprint density at radius 3 is 3.06 bits per heavy atom. The molecule has 0 aliphatic heterocycles. The lowest BCUT2D eigenvalue weighted by Crippen LogP contribution is -2.34. The second-order valence-electron chi connectivity index (χ2n) is 4.47. The molecule has 94 valence electrons. The monoisotopic (exact) mass is 239 g/mol. The Morgan fingerprint density at radius 1 is 1.53 bits per heavy atom. The molecule has 0 aromatic carbocycles. The minimum atomic E-state index is -0.670. The maximum Gasteiger partial charge on any atom is 0.306 e. The van der Waals surface area contributed by atoms with Gasteiger partial charge in [-0.05, 0) is 25.3 Å². The Bertz CT molecular complexity index is 353. The average molecular weight is 239 g/mol. The van der Waals surface area contributed by atoms with E-state index >= 15 is 0 Å². The molecule has 6 heteroatoms. The highest BCUT2D eigenvalue weighted by molar-refractivity contribution is 5.70. The van der Waals surface area contributed by atoms with Crippen molar-refractivity contribution in [1.29, 1.82) is 0 Å². The first-order chi connectivity index (χ1) is 8.27. The molecule has 2 unspecified atom stereocenters. The molecule has 1 aromatic heterocycles. The number of rotatable bonds is 5. The number of aromatic nitrogens is 2. The van der Waals surface area contributed by atoms with Gasteiger partial charge in [-0.15, -0.1) is 0 Å². The van der Waals surface area contributed by atoms with Crippen molar-refractivity contribution in [1.82, 2.24) is 15.5 Å². The summed E-state index contributed by atoms with van der Waals surface area (Å²) in [6, 6.07) is 0. The Kier molecular flexibility index (Phi) is 4.08. The maximum atomic E-state index is 11.1. The lowest BCUT2D eigenvalue weighted by molar-refractivity contribution is -0.144. The zero-order valence-electron chi connectivity index (χ0n) is 9.63. The molecular formula is C11H17N3O3. The summed E-state index contributed by atoms with van der Waals surface area (Å²) < 4.78 is 4.62. The fourth-order valence-electron chi connectivity index (χ4n) is 2.42. The van der Waals surface area contributed by atoms with Crippen LogP contribution in [0.3, 0.4) is 0 Å². The van der Waals surface area contributed by atoms with Crippen molar-refractivity contribution >= 4 is 5.97 Å². The van der Waals surface area contributed by atoms with Crippen LogP contribution in [0.2, 0.25) is 0 Å². The van der Waals surface area contributed by atoms with Crippen LogP contribution in [-0.2, 0) is 11.3 Å². The normalized spacial score (nSPS) is 24.7. The zero-order chi connectivity index (χ0) is 12.1. The maximum absolute atomic E-state index is 11.1. The Balaban J connectivity index is 1.78. The molecule has 6 nitrogen and oxygen atoms in total. The third-order valence-corrected chi connectivity index (χ3v) is 3.32. The highest BCUT2D eigenvalue weighted by atomic mass is 16.5. The van der Waals surface area contributed by atoms with Gasteiger partial charge in [0.25, 0.3) is 0 Å². The molecule has 2 rings (SSSR count). The summed E-state index contributed by atoms with van der Waals surface area (Å²) in [5.41, 5.74) is 0. The van der Waals surface area contributed by atoms with E-state index in [1.165, 1.54) is 6.39 Å². The third kappa shape index (κ3) is 3.26. The van der Waals surface area contributed by atoms with Gasteiger partial charge in [0.2, 0.25) is 6.39 Å². The number of nitrogens with zero attached hydrogens (tertiary/aromatic N) is 2. The van der Waals surface area contributed by atoms with Crippen LogP contribution in [0.1, 0.15) is 31.5 Å². The summed E-state index contributed by atoms with van der Waals surface area (Å²) in [5, 5.41) is 16.0. The van der Waals surface area contributed by atoms with Crippen molar-refractivity contribution in [2.75, 3.05) is 6.54 Å². The summed E-state index contributed by atoms with van der Waals surface area (Å²) in [4.78, 5) is 15.0. The number of carboxylic acids is 1. The molecule has 1 aliphatic rings. The SMILES string of the molecule is O=C(O)C1CCCCC1CNCc1ncon1. The van der Waals surface area contributed by atoms with Gasteiger partial charge in [-0.25, -0.2) is 0 Å². The lowest BCUT2D eigenvalue weighted by Gasteiger charge is -2.28. The third-order valence-electron chi connectivity index (χ3n) is 3.32. The topological polar surface area (TPSA) is 88.2 Å². The van der Waals surface area contributed by atoms with Crippen LogP contribution in [0.4, 0.5) is 0 Å². The zero-order valence-corrected chi connectivity index (χ0v) is 9.63. The number of carbonyl (C=O) groups is 1. The van der Waals surface area contributed by atoms with E-state index in [-0.39, 0.29) is 11.8 Å². The van der Waals surface area contributed by atoms with E-state index in [0.717, 1.165) is 25.7 Å². The highest BCUT2D eigenvalue weighted by Crippen LogP contribution is 2.29. The van der Waals surface area contributed by atoms with E-state index in [4.69, 9.17) is 5.11 Å². The van der Waals surface area contributed by atoms with Gasteiger partial charge in [-0.1, -0.05) is 18.0 Å². The van der Waals surface area contributed by atoms with Gasteiger partial charge in [0.1, 0.15) is 0 Å². The minimum absolute atomic E-state index is 0.207. The molecule has 0 bridgehead atoms. The minimum Gasteiger partial charge on any atom is -0.481 e. The standard InChI is InChI=1S/C11H17N3O3/c15-11(16)9-4-2-1-3-8(9)5-12-6-10-13-7-17-14-10/h7-9,12H,1-6H2,(H,15,16). The van der Waals surface area contributed by atoms with Crippen LogP contribution < -0.4 is 5.32 Å². The van der Waals surface area contributed by atoms with Gasteiger partial charge in [0.15, 0.2) is 5.82 Å². The molecule has 1 aliphatic carbocycles. The first kappa shape index (κ1) is 12.0. The molecule has 0 saturated heterocycles. The van der Waals surface area contributed by atoms with Crippen molar-refractivity contribution in [2.45, 2.75) is 32.2 Å². The number of nitrogens with one attached hydrogen (secondary N) is 1. The Hall–Kier alpha value is -1.43. The molecule has 1 heterocycles. The number of carboxylic acid groups (broad SMARTS) is 1. The summed E-state index contributed by atoms with van der Waals surface area (Å²) in [6.07, 6.45) is 5.22. The summed E-state index contributed by atoms with van der Waals surface area (Å²) >= 11 is 0. The molecule has 1 saturated carbocycles.